The second-order valence-corrected chi connectivity index (χ2v) is 10.7. The van der Waals surface area contributed by atoms with Gasteiger partial charge < -0.3 is 9.47 Å². The van der Waals surface area contributed by atoms with Crippen LogP contribution in [-0.2, 0) is 15.1 Å². The van der Waals surface area contributed by atoms with Gasteiger partial charge in [-0.1, -0.05) is 36.4 Å². The molecular formula is C24H26O3S. The number of ether oxygens (including phenoxy) is 2. The van der Waals surface area contributed by atoms with Crippen LogP contribution in [0.5, 0.6) is 11.5 Å². The molecule has 0 spiro atoms. The molecule has 146 valence electrons. The maximum atomic E-state index is 13.3. The van der Waals surface area contributed by atoms with Gasteiger partial charge in [0.1, 0.15) is 11.5 Å². The van der Waals surface area contributed by atoms with Gasteiger partial charge in [0.05, 0.1) is 5.41 Å². The molecule has 28 heavy (non-hydrogen) atoms. The average Bonchev–Trinajstić information content (AvgIpc) is 3.30. The fourth-order valence-corrected chi connectivity index (χ4v) is 6.79. The molecule has 0 saturated carbocycles. The topological polar surface area (TPSA) is 35.5 Å². The van der Waals surface area contributed by atoms with E-state index in [0.717, 1.165) is 29.0 Å². The van der Waals surface area contributed by atoms with E-state index in [1.807, 2.05) is 57.2 Å². The van der Waals surface area contributed by atoms with Gasteiger partial charge in [0.15, 0.2) is 5.60 Å². The highest BCUT2D eigenvalue weighted by Gasteiger charge is 2.59. The van der Waals surface area contributed by atoms with E-state index in [-0.39, 0.29) is 11.9 Å². The minimum absolute atomic E-state index is 0.160. The molecular weight excluding hydrogens is 368 g/mol. The third kappa shape index (κ3) is 2.61. The SMILES string of the molecule is CC(C)(C)C(=O)OC1(C2CC3CCC2S3)c2ccccc2Oc2ccccc21. The summed E-state index contributed by atoms with van der Waals surface area (Å²) >= 11 is 2.08. The molecule has 2 fully saturated rings. The summed E-state index contributed by atoms with van der Waals surface area (Å²) in [4.78, 5) is 13.3. The fraction of sp³-hybridized carbons (Fsp3) is 0.458. The normalized spacial score (nSPS) is 26.9. The molecule has 2 aromatic carbocycles. The first-order valence-corrected chi connectivity index (χ1v) is 11.1. The molecule has 3 heterocycles. The lowest BCUT2D eigenvalue weighted by molar-refractivity contribution is -0.173. The molecule has 2 aromatic rings. The first-order valence-electron chi connectivity index (χ1n) is 10.2. The number of carbonyl (C=O) groups excluding carboxylic acids is 1. The van der Waals surface area contributed by atoms with E-state index in [0.29, 0.717) is 10.5 Å². The van der Waals surface area contributed by atoms with Gasteiger partial charge >= 0.3 is 5.97 Å². The predicted octanol–water partition coefficient (Wildman–Crippen LogP) is 5.91. The van der Waals surface area contributed by atoms with Crippen LogP contribution in [0.3, 0.4) is 0 Å². The molecule has 3 aliphatic rings. The van der Waals surface area contributed by atoms with E-state index in [1.165, 1.54) is 12.8 Å². The summed E-state index contributed by atoms with van der Waals surface area (Å²) in [6, 6.07) is 16.2. The number of benzene rings is 2. The second kappa shape index (κ2) is 6.28. The van der Waals surface area contributed by atoms with Crippen LogP contribution in [0.25, 0.3) is 0 Å². The Morgan fingerprint density at radius 1 is 1.04 bits per heavy atom. The monoisotopic (exact) mass is 394 g/mol. The van der Waals surface area contributed by atoms with Crippen molar-refractivity contribution in [2.75, 3.05) is 0 Å². The van der Waals surface area contributed by atoms with Crippen molar-refractivity contribution in [3.63, 3.8) is 0 Å². The van der Waals surface area contributed by atoms with Crippen molar-refractivity contribution in [1.29, 1.82) is 0 Å². The number of para-hydroxylation sites is 2. The molecule has 0 aromatic heterocycles. The zero-order chi connectivity index (χ0) is 19.5. The van der Waals surface area contributed by atoms with Crippen molar-refractivity contribution < 1.29 is 14.3 Å². The van der Waals surface area contributed by atoms with Crippen LogP contribution >= 0.6 is 11.8 Å². The molecule has 3 atom stereocenters. The van der Waals surface area contributed by atoms with Crippen LogP contribution in [0.15, 0.2) is 48.5 Å². The lowest BCUT2D eigenvalue weighted by atomic mass is 9.68. The maximum absolute atomic E-state index is 13.3. The molecule has 2 saturated heterocycles. The van der Waals surface area contributed by atoms with E-state index in [9.17, 15) is 4.79 Å². The van der Waals surface area contributed by atoms with Gasteiger partial charge in [0.2, 0.25) is 0 Å². The van der Waals surface area contributed by atoms with Crippen molar-refractivity contribution >= 4 is 17.7 Å². The Hall–Kier alpha value is -1.94. The molecule has 2 bridgehead atoms. The van der Waals surface area contributed by atoms with Crippen LogP contribution < -0.4 is 4.74 Å². The molecule has 0 N–H and O–H groups in total. The average molecular weight is 395 g/mol. The van der Waals surface area contributed by atoms with Crippen LogP contribution in [-0.4, -0.2) is 16.5 Å². The van der Waals surface area contributed by atoms with Gasteiger partial charge in [-0.2, -0.15) is 11.8 Å². The van der Waals surface area contributed by atoms with Gasteiger partial charge in [-0.3, -0.25) is 4.79 Å². The summed E-state index contributed by atoms with van der Waals surface area (Å²) in [6.45, 7) is 5.78. The third-order valence-corrected chi connectivity index (χ3v) is 8.02. The Morgan fingerprint density at radius 2 is 1.64 bits per heavy atom. The number of esters is 1. The van der Waals surface area contributed by atoms with Gasteiger partial charge in [-0.25, -0.2) is 0 Å². The molecule has 3 nitrogen and oxygen atoms in total. The van der Waals surface area contributed by atoms with Crippen molar-refractivity contribution in [2.24, 2.45) is 11.3 Å². The lowest BCUT2D eigenvalue weighted by Crippen LogP contribution is -2.48. The second-order valence-electron chi connectivity index (χ2n) is 9.19. The lowest BCUT2D eigenvalue weighted by Gasteiger charge is -2.46. The Bertz CT molecular complexity index is 884. The van der Waals surface area contributed by atoms with Gasteiger partial charge in [-0.05, 0) is 52.2 Å². The van der Waals surface area contributed by atoms with Crippen LogP contribution in [0.4, 0.5) is 0 Å². The molecule has 3 aliphatic heterocycles. The molecule has 5 rings (SSSR count). The number of thioether (sulfide) groups is 1. The Morgan fingerprint density at radius 3 is 2.14 bits per heavy atom. The summed E-state index contributed by atoms with van der Waals surface area (Å²) in [7, 11) is 0. The number of hydrogen-bond acceptors (Lipinski definition) is 4. The fourth-order valence-electron chi connectivity index (χ4n) is 4.94. The smallest absolute Gasteiger partial charge is 0.312 e. The predicted molar refractivity (Wildman–Crippen MR) is 112 cm³/mol. The highest BCUT2D eigenvalue weighted by Crippen LogP contribution is 2.62. The maximum Gasteiger partial charge on any atom is 0.312 e. The third-order valence-electron chi connectivity index (χ3n) is 6.29. The van der Waals surface area contributed by atoms with Gasteiger partial charge in [0.25, 0.3) is 0 Å². The summed E-state index contributed by atoms with van der Waals surface area (Å²) in [5.41, 5.74) is 0.622. The summed E-state index contributed by atoms with van der Waals surface area (Å²) < 4.78 is 12.8. The minimum atomic E-state index is -0.789. The van der Waals surface area contributed by atoms with Crippen LogP contribution in [0, 0.1) is 11.3 Å². The Balaban J connectivity index is 1.75. The van der Waals surface area contributed by atoms with Crippen molar-refractivity contribution in [1.82, 2.24) is 0 Å². The molecule has 0 amide bonds. The zero-order valence-electron chi connectivity index (χ0n) is 16.6. The molecule has 0 radical (unpaired) electrons. The van der Waals surface area contributed by atoms with E-state index in [4.69, 9.17) is 9.47 Å². The van der Waals surface area contributed by atoms with Gasteiger partial charge in [0, 0.05) is 27.5 Å². The largest absolute Gasteiger partial charge is 0.456 e. The first kappa shape index (κ1) is 18.1. The van der Waals surface area contributed by atoms with E-state index < -0.39 is 11.0 Å². The summed E-state index contributed by atoms with van der Waals surface area (Å²) in [5, 5.41) is 1.18. The standard InChI is InChI=1S/C24H26O3S/c1-23(2,3)22(25)27-24(18-14-15-12-13-21(18)28-15)16-8-4-6-10-19(16)26-20-11-7-5-9-17(20)24/h4-11,15,18,21H,12-14H2,1-3H3. The summed E-state index contributed by atoms with van der Waals surface area (Å²) in [6.07, 6.45) is 3.55. The molecule has 3 unspecified atom stereocenters. The van der Waals surface area contributed by atoms with Crippen molar-refractivity contribution in [3.8, 4) is 11.5 Å². The quantitative estimate of drug-likeness (QED) is 0.593. The van der Waals surface area contributed by atoms with Gasteiger partial charge in [-0.15, -0.1) is 0 Å². The van der Waals surface area contributed by atoms with E-state index in [1.54, 1.807) is 0 Å². The van der Waals surface area contributed by atoms with Crippen molar-refractivity contribution in [3.05, 3.63) is 59.7 Å². The van der Waals surface area contributed by atoms with E-state index in [2.05, 4.69) is 23.9 Å². The Kier molecular flexibility index (Phi) is 4.06. The molecule has 4 heteroatoms. The Labute approximate surface area is 170 Å². The number of hydrogen-bond donors (Lipinski definition) is 0. The number of fused-ring (bicyclic) bond motifs is 4. The number of carbonyl (C=O) groups is 1. The number of rotatable bonds is 2. The minimum Gasteiger partial charge on any atom is -0.456 e. The van der Waals surface area contributed by atoms with Crippen molar-refractivity contribution in [2.45, 2.75) is 56.1 Å². The summed E-state index contributed by atoms with van der Waals surface area (Å²) in [5.74, 6) is 1.70. The highest BCUT2D eigenvalue weighted by molar-refractivity contribution is 8.01. The zero-order valence-corrected chi connectivity index (χ0v) is 17.4. The van der Waals surface area contributed by atoms with E-state index >= 15 is 0 Å². The van der Waals surface area contributed by atoms with Crippen LogP contribution in [0.1, 0.15) is 51.2 Å². The first-order chi connectivity index (χ1) is 13.4. The van der Waals surface area contributed by atoms with Crippen LogP contribution in [0.2, 0.25) is 0 Å². The highest BCUT2D eigenvalue weighted by atomic mass is 32.2. The molecule has 0 aliphatic carbocycles.